The number of aromatic nitrogens is 1. The molecule has 0 aliphatic carbocycles. The minimum Gasteiger partial charge on any atom is -0.355 e. The Balaban J connectivity index is 1.57. The number of benzene rings is 2. The number of anilines is 1. The molecular weight excluding hydrogens is 474 g/mol. The number of carbonyl (C=O) groups excluding carboxylic acids is 1. The second kappa shape index (κ2) is 10.4. The van der Waals surface area contributed by atoms with Crippen LogP contribution in [0.1, 0.15) is 46.5 Å². The fourth-order valence-electron chi connectivity index (χ4n) is 4.56. The zero-order valence-electron chi connectivity index (χ0n) is 21.5. The lowest BCUT2D eigenvalue weighted by molar-refractivity contribution is -0.123. The van der Waals surface area contributed by atoms with Crippen LogP contribution in [0.3, 0.4) is 0 Å². The predicted molar refractivity (Wildman–Crippen MR) is 142 cm³/mol. The summed E-state index contributed by atoms with van der Waals surface area (Å²) in [5.41, 5.74) is 5.38. The molecule has 3 aromatic rings. The van der Waals surface area contributed by atoms with E-state index in [0.29, 0.717) is 25.1 Å². The molecular formula is C28H33N3O4S. The molecule has 7 nitrogen and oxygen atoms in total. The van der Waals surface area contributed by atoms with E-state index in [1.807, 2.05) is 69.3 Å². The maximum atomic E-state index is 13.7. The highest BCUT2D eigenvalue weighted by molar-refractivity contribution is 7.89. The molecule has 4 rings (SSSR count). The van der Waals surface area contributed by atoms with E-state index >= 15 is 0 Å². The lowest BCUT2D eigenvalue weighted by Gasteiger charge is -2.33. The maximum Gasteiger partial charge on any atom is 0.248 e. The van der Waals surface area contributed by atoms with Crippen LogP contribution in [-0.4, -0.2) is 43.9 Å². The van der Waals surface area contributed by atoms with Crippen LogP contribution in [0.15, 0.2) is 51.9 Å². The van der Waals surface area contributed by atoms with Gasteiger partial charge in [0.05, 0.1) is 5.92 Å². The first-order valence-corrected chi connectivity index (χ1v) is 13.6. The van der Waals surface area contributed by atoms with Crippen molar-refractivity contribution in [1.29, 1.82) is 0 Å². The third-order valence-corrected chi connectivity index (χ3v) is 8.79. The van der Waals surface area contributed by atoms with E-state index < -0.39 is 15.9 Å². The fraction of sp³-hybridized carbons (Fsp3) is 0.357. The van der Waals surface area contributed by atoms with Crippen LogP contribution in [0.2, 0.25) is 0 Å². The third kappa shape index (κ3) is 5.29. The molecule has 0 radical (unpaired) electrons. The molecule has 2 aromatic carbocycles. The number of nitrogens with zero attached hydrogens (tertiary/aromatic N) is 3. The molecule has 1 aliphatic rings. The smallest absolute Gasteiger partial charge is 0.248 e. The molecule has 8 heteroatoms. The molecule has 0 unspecified atom stereocenters. The highest BCUT2D eigenvalue weighted by atomic mass is 32.2. The number of sulfonamides is 1. The number of hydrogen-bond acceptors (Lipinski definition) is 5. The van der Waals surface area contributed by atoms with Crippen LogP contribution in [-0.2, 0) is 14.8 Å². The van der Waals surface area contributed by atoms with Crippen molar-refractivity contribution >= 4 is 33.8 Å². The normalized spacial score (nSPS) is 17.0. The summed E-state index contributed by atoms with van der Waals surface area (Å²) in [4.78, 5) is 14.9. The van der Waals surface area contributed by atoms with E-state index in [1.54, 1.807) is 24.9 Å². The van der Waals surface area contributed by atoms with Gasteiger partial charge in [-0.3, -0.25) is 4.79 Å². The summed E-state index contributed by atoms with van der Waals surface area (Å²) in [5.74, 6) is -0.316. The average molecular weight is 508 g/mol. The van der Waals surface area contributed by atoms with Crippen molar-refractivity contribution in [2.24, 2.45) is 5.92 Å². The van der Waals surface area contributed by atoms with Gasteiger partial charge in [-0.1, -0.05) is 52.7 Å². The van der Waals surface area contributed by atoms with Gasteiger partial charge in [-0.15, -0.1) is 0 Å². The van der Waals surface area contributed by atoms with Gasteiger partial charge in [0.2, 0.25) is 15.9 Å². The van der Waals surface area contributed by atoms with E-state index in [0.717, 1.165) is 27.9 Å². The first-order valence-electron chi connectivity index (χ1n) is 12.1. The largest absolute Gasteiger partial charge is 0.355 e. The van der Waals surface area contributed by atoms with Crippen LogP contribution in [0.4, 0.5) is 5.69 Å². The third-order valence-electron chi connectivity index (χ3n) is 6.77. The van der Waals surface area contributed by atoms with E-state index in [2.05, 4.69) is 5.16 Å². The Morgan fingerprint density at radius 3 is 2.47 bits per heavy atom. The second-order valence-corrected chi connectivity index (χ2v) is 11.5. The summed E-state index contributed by atoms with van der Waals surface area (Å²) in [6, 6.07) is 13.8. The Morgan fingerprint density at radius 1 is 1.06 bits per heavy atom. The van der Waals surface area contributed by atoms with Gasteiger partial charge in [0, 0.05) is 25.8 Å². The zero-order chi connectivity index (χ0) is 26.0. The lowest BCUT2D eigenvalue weighted by Crippen LogP contribution is -2.46. The Bertz CT molecular complexity index is 1390. The van der Waals surface area contributed by atoms with Gasteiger partial charge in [-0.05, 0) is 69.9 Å². The van der Waals surface area contributed by atoms with Crippen molar-refractivity contribution in [3.63, 3.8) is 0 Å². The summed E-state index contributed by atoms with van der Waals surface area (Å²) in [6.07, 6.45) is 4.76. The van der Waals surface area contributed by atoms with Crippen LogP contribution >= 0.6 is 0 Å². The van der Waals surface area contributed by atoms with E-state index in [-0.39, 0.29) is 23.1 Å². The number of amides is 1. The first kappa shape index (κ1) is 25.9. The minimum absolute atomic E-state index is 0.0593. The van der Waals surface area contributed by atoms with Gasteiger partial charge in [-0.25, -0.2) is 8.42 Å². The fourth-order valence-corrected chi connectivity index (χ4v) is 6.34. The molecule has 1 aliphatic heterocycles. The molecule has 1 fully saturated rings. The Labute approximate surface area is 213 Å². The highest BCUT2D eigenvalue weighted by Gasteiger charge is 2.37. The van der Waals surface area contributed by atoms with Crippen LogP contribution < -0.4 is 4.90 Å². The molecule has 190 valence electrons. The number of carbonyl (C=O) groups is 1. The molecule has 1 saturated heterocycles. The SMILES string of the molecule is Cc1ccc(N(C)C(=O)[C@H]2CCCN(S(=O)(=O)c3c(C)noc3/C=C/c3cc(C)ccc3C)C2)cc1. The number of aryl methyl sites for hydroxylation is 4. The Kier molecular flexibility index (Phi) is 7.47. The Morgan fingerprint density at radius 2 is 1.75 bits per heavy atom. The summed E-state index contributed by atoms with van der Waals surface area (Å²) < 4.78 is 34.3. The van der Waals surface area contributed by atoms with E-state index in [1.165, 1.54) is 4.31 Å². The van der Waals surface area contributed by atoms with Crippen molar-refractivity contribution < 1.29 is 17.7 Å². The minimum atomic E-state index is -3.91. The van der Waals surface area contributed by atoms with E-state index in [4.69, 9.17) is 4.52 Å². The summed E-state index contributed by atoms with van der Waals surface area (Å²) in [7, 11) is -2.17. The number of rotatable bonds is 6. The lowest BCUT2D eigenvalue weighted by atomic mass is 9.98. The molecule has 1 amide bonds. The van der Waals surface area contributed by atoms with Gasteiger partial charge >= 0.3 is 0 Å². The highest BCUT2D eigenvalue weighted by Crippen LogP contribution is 2.30. The Hall–Kier alpha value is -3.23. The van der Waals surface area contributed by atoms with Crippen LogP contribution in [0.5, 0.6) is 0 Å². The predicted octanol–water partition coefficient (Wildman–Crippen LogP) is 5.14. The van der Waals surface area contributed by atoms with Crippen molar-refractivity contribution in [3.05, 3.63) is 76.2 Å². The van der Waals surface area contributed by atoms with Crippen molar-refractivity contribution in [1.82, 2.24) is 9.46 Å². The van der Waals surface area contributed by atoms with Gasteiger partial charge < -0.3 is 9.42 Å². The van der Waals surface area contributed by atoms with Crippen LogP contribution in [0.25, 0.3) is 12.2 Å². The van der Waals surface area contributed by atoms with Gasteiger partial charge in [-0.2, -0.15) is 4.31 Å². The number of piperidine rings is 1. The number of hydrogen-bond donors (Lipinski definition) is 0. The molecule has 0 N–H and O–H groups in total. The standard InChI is InChI=1S/C28H33N3O4S/c1-19-9-13-25(14-10-19)30(5)28(32)24-7-6-16-31(18-24)36(33,34)27-22(4)29-35-26(27)15-12-23-17-20(2)8-11-21(23)3/h8-15,17,24H,6-7,16,18H2,1-5H3/b15-12+/t24-/m0/s1. The molecule has 2 heterocycles. The van der Waals surface area contributed by atoms with Crippen molar-refractivity contribution in [2.45, 2.75) is 45.4 Å². The van der Waals surface area contributed by atoms with Gasteiger partial charge in [0.15, 0.2) is 10.7 Å². The average Bonchev–Trinajstić information content (AvgIpc) is 3.25. The molecule has 0 bridgehead atoms. The van der Waals surface area contributed by atoms with Gasteiger partial charge in [0.25, 0.3) is 0 Å². The van der Waals surface area contributed by atoms with Gasteiger partial charge in [0.1, 0.15) is 5.69 Å². The van der Waals surface area contributed by atoms with Crippen LogP contribution in [0, 0.1) is 33.6 Å². The second-order valence-electron chi connectivity index (χ2n) is 9.59. The zero-order valence-corrected chi connectivity index (χ0v) is 22.3. The molecule has 0 spiro atoms. The van der Waals surface area contributed by atoms with Crippen molar-refractivity contribution in [2.75, 3.05) is 25.0 Å². The molecule has 1 aromatic heterocycles. The summed E-state index contributed by atoms with van der Waals surface area (Å²) >= 11 is 0. The summed E-state index contributed by atoms with van der Waals surface area (Å²) in [5, 5.41) is 3.95. The van der Waals surface area contributed by atoms with E-state index in [9.17, 15) is 13.2 Å². The molecule has 36 heavy (non-hydrogen) atoms. The summed E-state index contributed by atoms with van der Waals surface area (Å²) in [6.45, 7) is 8.11. The topological polar surface area (TPSA) is 83.7 Å². The van der Waals surface area contributed by atoms with Crippen molar-refractivity contribution in [3.8, 4) is 0 Å². The molecule has 1 atom stereocenters. The molecule has 0 saturated carbocycles. The quantitative estimate of drug-likeness (QED) is 0.461. The first-order chi connectivity index (χ1) is 17.1. The maximum absolute atomic E-state index is 13.7. The monoisotopic (exact) mass is 507 g/mol.